The van der Waals surface area contributed by atoms with E-state index in [0.717, 1.165) is 0 Å². The molecule has 3 heterocycles. The van der Waals surface area contributed by atoms with Gasteiger partial charge in [-0.2, -0.15) is 4.98 Å². The van der Waals surface area contributed by atoms with Crippen molar-refractivity contribution >= 4 is 24.7 Å². The van der Waals surface area contributed by atoms with Crippen LogP contribution in [0.25, 0.3) is 11.2 Å². The van der Waals surface area contributed by atoms with E-state index in [0.29, 0.717) is 0 Å². The molecule has 3 rings (SSSR count). The Morgan fingerprint density at radius 2 is 2.14 bits per heavy atom. The summed E-state index contributed by atoms with van der Waals surface area (Å²) in [5.41, 5.74) is 4.37. The molecule has 0 amide bonds. The number of H-pyrrole nitrogens is 1. The number of anilines is 1. The van der Waals surface area contributed by atoms with Crippen molar-refractivity contribution in [3.63, 3.8) is 0 Å². The van der Waals surface area contributed by atoms with Crippen molar-refractivity contribution in [2.75, 3.05) is 12.3 Å². The normalized spacial score (nSPS) is 27.2. The zero-order valence-electron chi connectivity index (χ0n) is 16.5. The third-order valence-corrected chi connectivity index (χ3v) is 6.33. The van der Waals surface area contributed by atoms with E-state index in [9.17, 15) is 19.4 Å². The van der Waals surface area contributed by atoms with E-state index in [1.54, 1.807) is 0 Å². The average molecular weight is 430 g/mol. The molecule has 5 atom stereocenters. The summed E-state index contributed by atoms with van der Waals surface area (Å²) in [6, 6.07) is 0. The highest BCUT2D eigenvalue weighted by Crippen LogP contribution is 2.47. The predicted molar refractivity (Wildman–Crippen MR) is 101 cm³/mol. The van der Waals surface area contributed by atoms with Crippen LogP contribution < -0.4 is 16.2 Å². The second kappa shape index (κ2) is 8.13. The SMILES string of the molecule is CC(C)OC[C@H]1O[C@@H](n2cnc3c(=O)[nH]c(N)nc32)C(O)[C@H]1OP(=O)([O-])C(C)C. The number of nitrogens with one attached hydrogen (secondary N) is 1. The number of nitrogens with two attached hydrogens (primary N) is 1. The molecule has 0 bridgehead atoms. The minimum absolute atomic E-state index is 0.00321. The van der Waals surface area contributed by atoms with Crippen molar-refractivity contribution in [2.24, 2.45) is 0 Å². The van der Waals surface area contributed by atoms with E-state index in [1.807, 2.05) is 13.8 Å². The molecule has 12 nitrogen and oxygen atoms in total. The fraction of sp³-hybridized carbons (Fsp3) is 0.688. The van der Waals surface area contributed by atoms with Gasteiger partial charge in [0, 0.05) is 5.66 Å². The van der Waals surface area contributed by atoms with Crippen molar-refractivity contribution < 1.29 is 28.6 Å². The minimum Gasteiger partial charge on any atom is -0.778 e. The second-order valence-corrected chi connectivity index (χ2v) is 9.74. The predicted octanol–water partition coefficient (Wildman–Crippen LogP) is -0.268. The zero-order valence-corrected chi connectivity index (χ0v) is 17.4. The van der Waals surface area contributed by atoms with E-state index in [1.165, 1.54) is 24.7 Å². The highest BCUT2D eigenvalue weighted by molar-refractivity contribution is 7.52. The molecule has 1 aliphatic rings. The molecular weight excluding hydrogens is 405 g/mol. The van der Waals surface area contributed by atoms with Gasteiger partial charge in [-0.3, -0.25) is 14.3 Å². The quantitative estimate of drug-likeness (QED) is 0.495. The fourth-order valence-electron chi connectivity index (χ4n) is 2.92. The van der Waals surface area contributed by atoms with Gasteiger partial charge in [-0.1, -0.05) is 13.8 Å². The first-order valence-corrected chi connectivity index (χ1v) is 10.8. The van der Waals surface area contributed by atoms with Crippen LogP contribution in [0.3, 0.4) is 0 Å². The molecule has 0 aliphatic carbocycles. The van der Waals surface area contributed by atoms with Crippen molar-refractivity contribution in [2.45, 2.75) is 64.0 Å². The maximum Gasteiger partial charge on any atom is 0.280 e. The van der Waals surface area contributed by atoms with Crippen LogP contribution in [0.15, 0.2) is 11.1 Å². The first-order chi connectivity index (χ1) is 13.5. The molecule has 0 saturated carbocycles. The maximum absolute atomic E-state index is 12.3. The van der Waals surface area contributed by atoms with Crippen LogP contribution in [0.2, 0.25) is 0 Å². The molecule has 2 unspecified atom stereocenters. The van der Waals surface area contributed by atoms with Gasteiger partial charge >= 0.3 is 0 Å². The summed E-state index contributed by atoms with van der Waals surface area (Å²) in [4.78, 5) is 34.7. The summed E-state index contributed by atoms with van der Waals surface area (Å²) >= 11 is 0. The molecule has 0 aromatic carbocycles. The van der Waals surface area contributed by atoms with Crippen LogP contribution in [0.1, 0.15) is 33.9 Å². The van der Waals surface area contributed by atoms with Gasteiger partial charge in [0.2, 0.25) is 5.95 Å². The lowest BCUT2D eigenvalue weighted by molar-refractivity contribution is -0.209. The van der Waals surface area contributed by atoms with Gasteiger partial charge in [-0.25, -0.2) is 4.98 Å². The molecule has 1 aliphatic heterocycles. The lowest BCUT2D eigenvalue weighted by atomic mass is 10.1. The Morgan fingerprint density at radius 1 is 1.45 bits per heavy atom. The molecule has 4 N–H and O–H groups in total. The van der Waals surface area contributed by atoms with Gasteiger partial charge < -0.3 is 34.3 Å². The summed E-state index contributed by atoms with van der Waals surface area (Å²) in [7, 11) is -4.26. The number of aliphatic hydroxyl groups is 1. The highest BCUT2D eigenvalue weighted by Gasteiger charge is 2.48. The van der Waals surface area contributed by atoms with Crippen LogP contribution >= 0.6 is 7.60 Å². The van der Waals surface area contributed by atoms with Crippen molar-refractivity contribution in [3.8, 4) is 0 Å². The number of rotatable bonds is 7. The number of aromatic amines is 1. The van der Waals surface area contributed by atoms with Crippen LogP contribution in [0.5, 0.6) is 0 Å². The molecule has 29 heavy (non-hydrogen) atoms. The highest BCUT2D eigenvalue weighted by atomic mass is 31.2. The van der Waals surface area contributed by atoms with Crippen molar-refractivity contribution in [1.29, 1.82) is 0 Å². The number of aliphatic hydroxyl groups excluding tert-OH is 1. The zero-order chi connectivity index (χ0) is 21.5. The Labute approximate surface area is 166 Å². The average Bonchev–Trinajstić information content (AvgIpc) is 3.15. The molecular formula is C16H25N5O7P-. The molecule has 1 fully saturated rings. The largest absolute Gasteiger partial charge is 0.778 e. The summed E-state index contributed by atoms with van der Waals surface area (Å²) in [5.74, 6) is -0.131. The Morgan fingerprint density at radius 3 is 2.76 bits per heavy atom. The fourth-order valence-corrected chi connectivity index (χ4v) is 3.76. The number of ether oxygens (including phenoxy) is 2. The van der Waals surface area contributed by atoms with Gasteiger partial charge in [-0.05, 0) is 13.8 Å². The monoisotopic (exact) mass is 430 g/mol. The lowest BCUT2D eigenvalue weighted by Gasteiger charge is -2.33. The van der Waals surface area contributed by atoms with Crippen molar-refractivity contribution in [1.82, 2.24) is 19.5 Å². The van der Waals surface area contributed by atoms with Gasteiger partial charge in [0.05, 0.1) is 19.0 Å². The first-order valence-electron chi connectivity index (χ1n) is 9.18. The van der Waals surface area contributed by atoms with Crippen molar-refractivity contribution in [3.05, 3.63) is 16.7 Å². The Balaban J connectivity index is 1.96. The number of fused-ring (bicyclic) bond motifs is 1. The van der Waals surface area contributed by atoms with E-state index < -0.39 is 43.4 Å². The van der Waals surface area contributed by atoms with E-state index in [4.69, 9.17) is 19.7 Å². The van der Waals surface area contributed by atoms with Gasteiger partial charge in [0.15, 0.2) is 17.4 Å². The summed E-state index contributed by atoms with van der Waals surface area (Å²) in [6.45, 7) is 6.59. The molecule has 162 valence electrons. The standard InChI is InChI=1S/C16H26N5O7P/c1-7(2)26-5-9-12(28-29(24,25)8(3)4)11(22)15(27-9)21-6-18-10-13(21)19-16(17)20-14(10)23/h6-9,11-12,15,22H,5H2,1-4H3,(H,24,25)(H3,17,19,20,23)/p-1/t9-,11?,12+,15-/m1/s1. The van der Waals surface area contributed by atoms with Crippen LogP contribution in [0.4, 0.5) is 5.95 Å². The first kappa shape index (κ1) is 21.9. The number of imidazole rings is 1. The van der Waals surface area contributed by atoms with Crippen LogP contribution in [0, 0.1) is 0 Å². The lowest BCUT2D eigenvalue weighted by Crippen LogP contribution is -2.38. The molecule has 13 heteroatoms. The minimum atomic E-state index is -4.26. The van der Waals surface area contributed by atoms with Gasteiger partial charge in [-0.15, -0.1) is 0 Å². The Bertz CT molecular complexity index is 974. The van der Waals surface area contributed by atoms with Gasteiger partial charge in [0.25, 0.3) is 5.56 Å². The van der Waals surface area contributed by atoms with E-state index in [2.05, 4.69) is 15.0 Å². The molecule has 2 aromatic heterocycles. The number of aromatic nitrogens is 4. The summed E-state index contributed by atoms with van der Waals surface area (Å²) in [5, 5.41) is 10.8. The third kappa shape index (κ3) is 4.37. The van der Waals surface area contributed by atoms with Crippen LogP contribution in [-0.2, 0) is 18.6 Å². The molecule has 2 aromatic rings. The molecule has 1 saturated heterocycles. The topological polar surface area (TPSA) is 178 Å². The number of nitrogen functional groups attached to an aromatic ring is 1. The maximum atomic E-state index is 12.3. The Hall–Kier alpha value is -1.82. The van der Waals surface area contributed by atoms with Gasteiger partial charge in [0.1, 0.15) is 25.9 Å². The second-order valence-electron chi connectivity index (χ2n) is 7.42. The number of hydrogen-bond donors (Lipinski definition) is 3. The number of hydrogen-bond acceptors (Lipinski definition) is 10. The van der Waals surface area contributed by atoms with Crippen LogP contribution in [-0.4, -0.2) is 61.3 Å². The third-order valence-electron chi connectivity index (χ3n) is 4.53. The molecule has 0 spiro atoms. The van der Waals surface area contributed by atoms with E-state index >= 15 is 0 Å². The molecule has 0 radical (unpaired) electrons. The smallest absolute Gasteiger partial charge is 0.280 e. The van der Waals surface area contributed by atoms with E-state index in [-0.39, 0.29) is 29.8 Å². The Kier molecular flexibility index (Phi) is 6.13. The summed E-state index contributed by atoms with van der Waals surface area (Å²) in [6.07, 6.45) is -3.46. The number of nitrogens with zero attached hydrogens (tertiary/aromatic N) is 3. The summed E-state index contributed by atoms with van der Waals surface area (Å²) < 4.78 is 30.4.